The maximum atomic E-state index is 13.8. The quantitative estimate of drug-likeness (QED) is 0.562. The maximum absolute atomic E-state index is 13.8. The lowest BCUT2D eigenvalue weighted by Gasteiger charge is -2.14. The fraction of sp³-hybridized carbons (Fsp3) is 0.105. The molecule has 138 valence electrons. The van der Waals surface area contributed by atoms with Crippen molar-refractivity contribution in [3.63, 3.8) is 0 Å². The van der Waals surface area contributed by atoms with Gasteiger partial charge in [0.25, 0.3) is 5.91 Å². The summed E-state index contributed by atoms with van der Waals surface area (Å²) in [6.45, 7) is 0.145. The molecule has 4 nitrogen and oxygen atoms in total. The van der Waals surface area contributed by atoms with Gasteiger partial charge in [0, 0.05) is 29.2 Å². The Labute approximate surface area is 170 Å². The lowest BCUT2D eigenvalue weighted by Crippen LogP contribution is -2.31. The van der Waals surface area contributed by atoms with Crippen molar-refractivity contribution in [1.29, 1.82) is 0 Å². The van der Waals surface area contributed by atoms with Gasteiger partial charge in [-0.15, -0.1) is 0 Å². The van der Waals surface area contributed by atoms with Crippen molar-refractivity contribution in [3.8, 4) is 0 Å². The number of hydrogen-bond acceptors (Lipinski definition) is 4. The third-order valence-corrected chi connectivity index (χ3v) is 5.35. The van der Waals surface area contributed by atoms with Crippen molar-refractivity contribution in [1.82, 2.24) is 4.90 Å². The molecule has 1 aliphatic heterocycles. The van der Waals surface area contributed by atoms with Crippen molar-refractivity contribution < 1.29 is 14.0 Å². The molecule has 1 fully saturated rings. The summed E-state index contributed by atoms with van der Waals surface area (Å²) in [5.74, 6) is -1.00. The zero-order valence-electron chi connectivity index (χ0n) is 13.9. The number of benzene rings is 2. The Morgan fingerprint density at radius 2 is 2.04 bits per heavy atom. The first-order valence-corrected chi connectivity index (χ1v) is 9.59. The van der Waals surface area contributed by atoms with Gasteiger partial charge in [0.05, 0.1) is 4.91 Å². The van der Waals surface area contributed by atoms with E-state index in [0.717, 1.165) is 11.8 Å². The predicted octanol–water partition coefficient (Wildman–Crippen LogP) is 4.71. The summed E-state index contributed by atoms with van der Waals surface area (Å²) in [6.07, 6.45) is 1.55. The number of carbonyl (C=O) groups excluding carboxylic acids is 2. The Morgan fingerprint density at radius 1 is 1.26 bits per heavy atom. The van der Waals surface area contributed by atoms with Gasteiger partial charge in [-0.25, -0.2) is 4.39 Å². The largest absolute Gasteiger partial charge is 0.326 e. The zero-order valence-corrected chi connectivity index (χ0v) is 16.3. The standard InChI is InChI=1S/C19H14ClFN2O2S2/c20-13-5-3-6-14(11-13)22-17(24)8-9-23-18(25)16(27-19(23)26)10-12-4-1-2-7-15(12)21/h1-7,10-11H,8-9H2,(H,22,24). The highest BCUT2D eigenvalue weighted by Crippen LogP contribution is 2.33. The van der Waals surface area contributed by atoms with E-state index in [4.69, 9.17) is 23.8 Å². The van der Waals surface area contributed by atoms with Crippen molar-refractivity contribution in [2.75, 3.05) is 11.9 Å². The molecule has 0 aliphatic carbocycles. The molecule has 0 spiro atoms. The number of hydrogen-bond donors (Lipinski definition) is 1. The summed E-state index contributed by atoms with van der Waals surface area (Å²) in [5, 5.41) is 3.24. The fourth-order valence-electron chi connectivity index (χ4n) is 2.43. The molecule has 1 heterocycles. The van der Waals surface area contributed by atoms with Gasteiger partial charge < -0.3 is 5.32 Å². The maximum Gasteiger partial charge on any atom is 0.266 e. The van der Waals surface area contributed by atoms with Crippen LogP contribution in [0.4, 0.5) is 10.1 Å². The minimum absolute atomic E-state index is 0.0753. The smallest absolute Gasteiger partial charge is 0.266 e. The van der Waals surface area contributed by atoms with Crippen LogP contribution in [0.2, 0.25) is 5.02 Å². The third-order valence-electron chi connectivity index (χ3n) is 3.74. The second-order valence-electron chi connectivity index (χ2n) is 5.66. The summed E-state index contributed by atoms with van der Waals surface area (Å²) >= 11 is 12.2. The number of nitrogens with zero attached hydrogens (tertiary/aromatic N) is 1. The number of thiocarbonyl (C=S) groups is 1. The van der Waals surface area contributed by atoms with Gasteiger partial charge in [0.1, 0.15) is 10.1 Å². The molecular formula is C19H14ClFN2O2S2. The Morgan fingerprint density at radius 3 is 2.78 bits per heavy atom. The highest BCUT2D eigenvalue weighted by Gasteiger charge is 2.32. The lowest BCUT2D eigenvalue weighted by molar-refractivity contribution is -0.122. The van der Waals surface area contributed by atoms with E-state index < -0.39 is 5.82 Å². The van der Waals surface area contributed by atoms with Crippen LogP contribution in [0.15, 0.2) is 53.4 Å². The number of nitrogens with one attached hydrogen (secondary N) is 1. The van der Waals surface area contributed by atoms with Crippen LogP contribution < -0.4 is 5.32 Å². The molecule has 1 saturated heterocycles. The number of halogens is 2. The molecule has 0 unspecified atom stereocenters. The van der Waals surface area contributed by atoms with Crippen LogP contribution in [0.25, 0.3) is 6.08 Å². The van der Waals surface area contributed by atoms with Crippen LogP contribution in [0.5, 0.6) is 0 Å². The third kappa shape index (κ3) is 4.94. The van der Waals surface area contributed by atoms with E-state index in [9.17, 15) is 14.0 Å². The van der Waals surface area contributed by atoms with E-state index >= 15 is 0 Å². The van der Waals surface area contributed by atoms with Crippen LogP contribution >= 0.6 is 35.6 Å². The second-order valence-corrected chi connectivity index (χ2v) is 7.78. The Bertz CT molecular complexity index is 949. The number of amides is 2. The molecular weight excluding hydrogens is 407 g/mol. The van der Waals surface area contributed by atoms with E-state index in [0.29, 0.717) is 25.5 Å². The molecule has 2 aromatic rings. The van der Waals surface area contributed by atoms with Gasteiger partial charge in [0.15, 0.2) is 0 Å². The summed E-state index contributed by atoms with van der Waals surface area (Å²) < 4.78 is 14.1. The number of rotatable bonds is 5. The van der Waals surface area contributed by atoms with E-state index in [-0.39, 0.29) is 24.8 Å². The Hall–Kier alpha value is -2.22. The summed E-state index contributed by atoms with van der Waals surface area (Å²) in [6, 6.07) is 13.0. The van der Waals surface area contributed by atoms with Crippen molar-refractivity contribution in [3.05, 3.63) is 69.8 Å². The normalized spacial score (nSPS) is 15.5. The molecule has 0 atom stereocenters. The molecule has 8 heteroatoms. The minimum Gasteiger partial charge on any atom is -0.326 e. The fourth-order valence-corrected chi connectivity index (χ4v) is 3.92. The summed E-state index contributed by atoms with van der Waals surface area (Å²) in [4.78, 5) is 26.3. The molecule has 1 N–H and O–H groups in total. The number of thioether (sulfide) groups is 1. The topological polar surface area (TPSA) is 49.4 Å². The number of carbonyl (C=O) groups is 2. The molecule has 0 saturated carbocycles. The van der Waals surface area contributed by atoms with Gasteiger partial charge in [-0.3, -0.25) is 14.5 Å². The molecule has 2 amide bonds. The molecule has 0 aromatic heterocycles. The second kappa shape index (κ2) is 8.65. The molecule has 27 heavy (non-hydrogen) atoms. The zero-order chi connectivity index (χ0) is 19.4. The van der Waals surface area contributed by atoms with Gasteiger partial charge >= 0.3 is 0 Å². The molecule has 3 rings (SSSR count). The molecule has 2 aromatic carbocycles. The van der Waals surface area contributed by atoms with Crippen molar-refractivity contribution >= 4 is 63.5 Å². The summed E-state index contributed by atoms with van der Waals surface area (Å²) in [7, 11) is 0. The van der Waals surface area contributed by atoms with Crippen molar-refractivity contribution in [2.24, 2.45) is 0 Å². The first kappa shape index (κ1) is 19.5. The average molecular weight is 421 g/mol. The van der Waals surface area contributed by atoms with Crippen LogP contribution in [-0.4, -0.2) is 27.6 Å². The average Bonchev–Trinajstić information content (AvgIpc) is 2.88. The minimum atomic E-state index is -0.413. The first-order chi connectivity index (χ1) is 12.9. The van der Waals surface area contributed by atoms with Gasteiger partial charge in [-0.05, 0) is 30.3 Å². The van der Waals surface area contributed by atoms with Crippen LogP contribution in [0.3, 0.4) is 0 Å². The highest BCUT2D eigenvalue weighted by molar-refractivity contribution is 8.26. The monoisotopic (exact) mass is 420 g/mol. The van der Waals surface area contributed by atoms with E-state index in [1.54, 1.807) is 42.5 Å². The van der Waals surface area contributed by atoms with E-state index in [1.165, 1.54) is 17.0 Å². The van der Waals surface area contributed by atoms with Crippen molar-refractivity contribution in [2.45, 2.75) is 6.42 Å². The van der Waals surface area contributed by atoms with Crippen LogP contribution in [0, 0.1) is 5.82 Å². The SMILES string of the molecule is O=C(CCN1C(=O)C(=Cc2ccccc2F)SC1=S)Nc1cccc(Cl)c1. The van der Waals surface area contributed by atoms with Gasteiger partial charge in [-0.2, -0.15) is 0 Å². The molecule has 0 bridgehead atoms. The molecule has 1 aliphatic rings. The number of anilines is 1. The van der Waals surface area contributed by atoms with Gasteiger partial charge in [0.2, 0.25) is 5.91 Å². The molecule has 0 radical (unpaired) electrons. The van der Waals surface area contributed by atoms with Crippen LogP contribution in [-0.2, 0) is 9.59 Å². The van der Waals surface area contributed by atoms with Crippen LogP contribution in [0.1, 0.15) is 12.0 Å². The highest BCUT2D eigenvalue weighted by atomic mass is 35.5. The summed E-state index contributed by atoms with van der Waals surface area (Å²) in [5.41, 5.74) is 0.897. The van der Waals surface area contributed by atoms with Gasteiger partial charge in [-0.1, -0.05) is 59.8 Å². The Kier molecular flexibility index (Phi) is 6.26. The van der Waals surface area contributed by atoms with E-state index in [1.807, 2.05) is 0 Å². The van der Waals surface area contributed by atoms with E-state index in [2.05, 4.69) is 5.32 Å². The Balaban J connectivity index is 1.62. The lowest BCUT2D eigenvalue weighted by atomic mass is 10.2. The predicted molar refractivity (Wildman–Crippen MR) is 111 cm³/mol. The first-order valence-electron chi connectivity index (χ1n) is 7.99.